The Balaban J connectivity index is 2.49. The molecular weight excluding hydrogens is 323 g/mol. The summed E-state index contributed by atoms with van der Waals surface area (Å²) in [5, 5.41) is 8.36. The maximum atomic E-state index is 12.3. The van der Waals surface area contributed by atoms with E-state index in [1.54, 1.807) is 6.92 Å². The van der Waals surface area contributed by atoms with Crippen molar-refractivity contribution in [1.82, 2.24) is 16.0 Å². The van der Waals surface area contributed by atoms with Crippen molar-refractivity contribution in [2.75, 3.05) is 6.44 Å². The number of nitrogens with two attached hydrogens (primary N) is 1. The zero-order chi connectivity index (χ0) is 18.1. The number of hydrogen-bond donors (Lipinski definition) is 4. The fourth-order valence-electron chi connectivity index (χ4n) is 2.96. The number of hydrogen-bond acceptors (Lipinski definition) is 4. The molecule has 134 valence electrons. The number of thiocarbonyl (C=S) groups is 1. The lowest BCUT2D eigenvalue weighted by atomic mass is 9.84. The molecule has 8 heteroatoms. The molecule has 0 aromatic heterocycles. The maximum Gasteiger partial charge on any atom is 0.242 e. The van der Waals surface area contributed by atoms with Gasteiger partial charge in [0.25, 0.3) is 0 Å². The Bertz CT molecular complexity index is 444. The van der Waals surface area contributed by atoms with Crippen LogP contribution in [-0.2, 0) is 9.59 Å². The minimum atomic E-state index is -0.665. The van der Waals surface area contributed by atoms with Crippen molar-refractivity contribution in [2.24, 2.45) is 11.7 Å². The highest BCUT2D eigenvalue weighted by Gasteiger charge is 2.28. The van der Waals surface area contributed by atoms with Gasteiger partial charge in [-0.15, -0.1) is 0 Å². The van der Waals surface area contributed by atoms with Gasteiger partial charge in [-0.2, -0.15) is 0 Å². The number of amides is 2. The number of carbonyl (C=O) groups is 2. The molecule has 0 saturated heterocycles. The van der Waals surface area contributed by atoms with Crippen molar-refractivity contribution in [3.63, 3.8) is 0 Å². The lowest BCUT2D eigenvalue weighted by molar-refractivity contribution is -0.130. The van der Waals surface area contributed by atoms with Gasteiger partial charge < -0.3 is 21.7 Å². The molecule has 2 radical (unpaired) electrons. The summed E-state index contributed by atoms with van der Waals surface area (Å²) in [6.45, 7) is 3.56. The second-order valence-electron chi connectivity index (χ2n) is 6.37. The van der Waals surface area contributed by atoms with Crippen LogP contribution >= 0.6 is 12.2 Å². The molecule has 6 nitrogen and oxygen atoms in total. The zero-order valence-corrected chi connectivity index (χ0v) is 15.5. The van der Waals surface area contributed by atoms with Crippen molar-refractivity contribution >= 4 is 36.9 Å². The van der Waals surface area contributed by atoms with Crippen molar-refractivity contribution < 1.29 is 9.59 Å². The average molecular weight is 352 g/mol. The summed E-state index contributed by atoms with van der Waals surface area (Å²) in [4.78, 5) is 25.0. The number of rotatable bonds is 8. The zero-order valence-electron chi connectivity index (χ0n) is 14.6. The first-order valence-corrected chi connectivity index (χ1v) is 9.15. The molecule has 2 amide bonds. The van der Waals surface area contributed by atoms with E-state index in [0.717, 1.165) is 25.7 Å². The second kappa shape index (κ2) is 10.7. The highest BCUT2D eigenvalue weighted by atomic mass is 32.1. The van der Waals surface area contributed by atoms with Gasteiger partial charge in [-0.3, -0.25) is 9.59 Å². The van der Waals surface area contributed by atoms with Crippen LogP contribution in [0.3, 0.4) is 0 Å². The lowest BCUT2D eigenvalue weighted by Crippen LogP contribution is -2.55. The van der Waals surface area contributed by atoms with Gasteiger partial charge in [0.15, 0.2) is 0 Å². The van der Waals surface area contributed by atoms with Crippen LogP contribution in [0, 0.1) is 5.92 Å². The van der Waals surface area contributed by atoms with E-state index in [2.05, 4.69) is 16.0 Å². The van der Waals surface area contributed by atoms with Gasteiger partial charge in [0, 0.05) is 0 Å². The minimum Gasteiger partial charge on any atom is -0.387 e. The Morgan fingerprint density at radius 1 is 1.21 bits per heavy atom. The molecule has 0 bridgehead atoms. The van der Waals surface area contributed by atoms with E-state index in [1.165, 1.54) is 6.42 Å². The third kappa shape index (κ3) is 6.40. The van der Waals surface area contributed by atoms with Gasteiger partial charge in [-0.25, -0.2) is 0 Å². The average Bonchev–Trinajstić information content (AvgIpc) is 2.59. The maximum absolute atomic E-state index is 12.3. The van der Waals surface area contributed by atoms with Gasteiger partial charge in [-0.1, -0.05) is 38.4 Å². The molecule has 0 aromatic rings. The lowest BCUT2D eigenvalue weighted by Gasteiger charge is -2.28. The van der Waals surface area contributed by atoms with E-state index in [9.17, 15) is 9.59 Å². The summed E-state index contributed by atoms with van der Waals surface area (Å²) in [7, 11) is 5.40. The first kappa shape index (κ1) is 20.9. The monoisotopic (exact) mass is 352 g/mol. The van der Waals surface area contributed by atoms with Crippen LogP contribution in [0.25, 0.3) is 0 Å². The molecule has 0 unspecified atom stereocenters. The second-order valence-corrected chi connectivity index (χ2v) is 6.81. The Kier molecular flexibility index (Phi) is 9.29. The molecule has 0 heterocycles. The quantitative estimate of drug-likeness (QED) is 0.373. The summed E-state index contributed by atoms with van der Waals surface area (Å²) in [5.41, 5.74) is 6.07. The van der Waals surface area contributed by atoms with Crippen molar-refractivity contribution in [3.05, 3.63) is 0 Å². The molecule has 1 fully saturated rings. The molecule has 1 aliphatic carbocycles. The highest BCUT2D eigenvalue weighted by molar-refractivity contribution is 7.80. The smallest absolute Gasteiger partial charge is 0.242 e. The van der Waals surface area contributed by atoms with Crippen molar-refractivity contribution in [1.29, 1.82) is 0 Å². The molecule has 5 N–H and O–H groups in total. The molecule has 24 heavy (non-hydrogen) atoms. The standard InChI is InChI=1S/C16H29BN4O2S/c1-3-12(16(24)19-9-17)21-14(22)10(2)20-15(23)13(18)11-7-5-4-6-8-11/h10-13H,3-9,18H2,1-2H3,(H,19,24)(H,20,23)(H,21,22)/t10-,12-,13-/m0/s1. The summed E-state index contributed by atoms with van der Waals surface area (Å²) in [6, 6.07) is -1.52. The number of carbonyl (C=O) groups excluding carboxylic acids is 2. The van der Waals surface area contributed by atoms with E-state index in [4.69, 9.17) is 25.8 Å². The predicted molar refractivity (Wildman–Crippen MR) is 101 cm³/mol. The SMILES string of the molecule is [B]CNC(=S)[C@H](CC)NC(=O)[C@H](C)NC(=O)[C@@H](N)C1CCCCC1. The van der Waals surface area contributed by atoms with E-state index in [1.807, 2.05) is 6.92 Å². The highest BCUT2D eigenvalue weighted by Crippen LogP contribution is 2.25. The van der Waals surface area contributed by atoms with E-state index >= 15 is 0 Å². The van der Waals surface area contributed by atoms with Crippen LogP contribution < -0.4 is 21.7 Å². The minimum absolute atomic E-state index is 0.207. The third-order valence-electron chi connectivity index (χ3n) is 4.53. The summed E-state index contributed by atoms with van der Waals surface area (Å²) in [5.74, 6) is -0.341. The normalized spacial score (nSPS) is 19.0. The summed E-state index contributed by atoms with van der Waals surface area (Å²) >= 11 is 5.18. The van der Waals surface area contributed by atoms with Crippen molar-refractivity contribution in [2.45, 2.75) is 70.5 Å². The van der Waals surface area contributed by atoms with E-state index < -0.39 is 12.1 Å². The molecule has 0 aliphatic heterocycles. The molecule has 3 atom stereocenters. The van der Waals surface area contributed by atoms with E-state index in [0.29, 0.717) is 11.4 Å². The topological polar surface area (TPSA) is 96.2 Å². The predicted octanol–water partition coefficient (Wildman–Crippen LogP) is 0.337. The van der Waals surface area contributed by atoms with Crippen LogP contribution in [-0.4, -0.2) is 49.2 Å². The summed E-state index contributed by atoms with van der Waals surface area (Å²) in [6.07, 6.45) is 6.25. The fraction of sp³-hybridized carbons (Fsp3) is 0.812. The molecule has 1 aliphatic rings. The molecule has 0 aromatic carbocycles. The van der Waals surface area contributed by atoms with Crippen LogP contribution in [0.4, 0.5) is 0 Å². The fourth-order valence-corrected chi connectivity index (χ4v) is 3.26. The Hall–Kier alpha value is -1.15. The van der Waals surface area contributed by atoms with Crippen LogP contribution in [0.1, 0.15) is 52.4 Å². The van der Waals surface area contributed by atoms with Crippen molar-refractivity contribution in [3.8, 4) is 0 Å². The van der Waals surface area contributed by atoms with Gasteiger partial charge >= 0.3 is 0 Å². The third-order valence-corrected chi connectivity index (χ3v) is 4.96. The van der Waals surface area contributed by atoms with Gasteiger partial charge in [0.1, 0.15) is 6.04 Å². The molecule has 1 saturated carbocycles. The Labute approximate surface area is 151 Å². The van der Waals surface area contributed by atoms with E-state index in [-0.39, 0.29) is 30.2 Å². The largest absolute Gasteiger partial charge is 0.387 e. The number of nitrogens with one attached hydrogen (secondary N) is 3. The first-order chi connectivity index (χ1) is 11.4. The van der Waals surface area contributed by atoms with Gasteiger partial charge in [-0.05, 0) is 38.5 Å². The van der Waals surface area contributed by atoms with Gasteiger partial charge in [0.2, 0.25) is 11.8 Å². The molecule has 0 spiro atoms. The summed E-state index contributed by atoms with van der Waals surface area (Å²) < 4.78 is 0. The van der Waals surface area contributed by atoms with Gasteiger partial charge in [0.05, 0.1) is 24.9 Å². The Morgan fingerprint density at radius 2 is 1.83 bits per heavy atom. The first-order valence-electron chi connectivity index (χ1n) is 8.74. The van der Waals surface area contributed by atoms with Crippen LogP contribution in [0.2, 0.25) is 0 Å². The Morgan fingerprint density at radius 3 is 2.38 bits per heavy atom. The van der Waals surface area contributed by atoms with Crippen LogP contribution in [0.15, 0.2) is 0 Å². The molecular formula is C16H29BN4O2S. The van der Waals surface area contributed by atoms with Crippen LogP contribution in [0.5, 0.6) is 0 Å². The molecule has 1 rings (SSSR count).